The van der Waals surface area contributed by atoms with Crippen molar-refractivity contribution in [2.75, 3.05) is 6.54 Å². The molecule has 0 radical (unpaired) electrons. The lowest BCUT2D eigenvalue weighted by atomic mass is 9.90. The van der Waals surface area contributed by atoms with Crippen molar-refractivity contribution in [2.24, 2.45) is 17.6 Å². The third kappa shape index (κ3) is 5.51. The summed E-state index contributed by atoms with van der Waals surface area (Å²) >= 11 is 0. The molecule has 1 aliphatic rings. The predicted molar refractivity (Wildman–Crippen MR) is 123 cm³/mol. The van der Waals surface area contributed by atoms with E-state index in [4.69, 9.17) is 10.5 Å². The zero-order valence-corrected chi connectivity index (χ0v) is 18.4. The van der Waals surface area contributed by atoms with E-state index in [0.717, 1.165) is 25.1 Å². The summed E-state index contributed by atoms with van der Waals surface area (Å²) in [7, 11) is 0. The number of rotatable bonds is 10. The van der Waals surface area contributed by atoms with Crippen LogP contribution in [-0.2, 0) is 12.8 Å². The van der Waals surface area contributed by atoms with Gasteiger partial charge in [0.2, 0.25) is 0 Å². The minimum Gasteiger partial charge on any atom is -0.485 e. The van der Waals surface area contributed by atoms with Gasteiger partial charge in [-0.25, -0.2) is 0 Å². The summed E-state index contributed by atoms with van der Waals surface area (Å²) < 4.78 is 6.63. The highest BCUT2D eigenvalue weighted by molar-refractivity contribution is 5.39. The molecule has 2 heteroatoms. The van der Waals surface area contributed by atoms with Crippen molar-refractivity contribution < 1.29 is 4.74 Å². The number of nitrogens with two attached hydrogens (primary N) is 1. The summed E-state index contributed by atoms with van der Waals surface area (Å²) in [5.74, 6) is 2.13. The first-order valence-corrected chi connectivity index (χ1v) is 11.2. The SMILES string of the molecule is C=C(C)Cc1ccc(O[C@@H]2c3ccccc3C[C@H]2CCC(CN)CCC)cc1C. The van der Waals surface area contributed by atoms with Gasteiger partial charge in [0.1, 0.15) is 11.9 Å². The average Bonchev–Trinajstić information content (AvgIpc) is 3.04. The Hall–Kier alpha value is -2.06. The van der Waals surface area contributed by atoms with Gasteiger partial charge in [0.05, 0.1) is 0 Å². The van der Waals surface area contributed by atoms with Gasteiger partial charge in [-0.1, -0.05) is 55.8 Å². The van der Waals surface area contributed by atoms with Crippen LogP contribution in [0.4, 0.5) is 0 Å². The molecule has 2 nitrogen and oxygen atoms in total. The standard InChI is InChI=1S/C27H37NO/c1-5-8-21(18-28)11-12-24-17-23-9-6-7-10-26(23)27(24)29-25-14-13-22(15-19(2)3)20(4)16-25/h6-7,9-10,13-14,16,21,24,27H,2,5,8,11-12,15,17-18,28H2,1,3-4H3/t21?,24-,27+/m1/s1. The summed E-state index contributed by atoms with van der Waals surface area (Å²) in [6.07, 6.45) is 6.98. The van der Waals surface area contributed by atoms with Gasteiger partial charge in [-0.15, -0.1) is 0 Å². The molecule has 2 aromatic carbocycles. The van der Waals surface area contributed by atoms with Crippen LogP contribution in [0.25, 0.3) is 0 Å². The third-order valence-corrected chi connectivity index (χ3v) is 6.32. The predicted octanol–water partition coefficient (Wildman–Crippen LogP) is 6.56. The Morgan fingerprint density at radius 2 is 2.00 bits per heavy atom. The van der Waals surface area contributed by atoms with Crippen molar-refractivity contribution in [1.29, 1.82) is 0 Å². The summed E-state index contributed by atoms with van der Waals surface area (Å²) in [4.78, 5) is 0. The fourth-order valence-corrected chi connectivity index (χ4v) is 4.70. The molecule has 0 heterocycles. The van der Waals surface area contributed by atoms with Crippen LogP contribution in [0.1, 0.15) is 67.9 Å². The van der Waals surface area contributed by atoms with Crippen molar-refractivity contribution >= 4 is 0 Å². The molecule has 1 unspecified atom stereocenters. The molecule has 0 amide bonds. The van der Waals surface area contributed by atoms with E-state index >= 15 is 0 Å². The smallest absolute Gasteiger partial charge is 0.127 e. The highest BCUT2D eigenvalue weighted by Crippen LogP contribution is 2.42. The van der Waals surface area contributed by atoms with Crippen LogP contribution < -0.4 is 10.5 Å². The Morgan fingerprint density at radius 3 is 2.69 bits per heavy atom. The zero-order chi connectivity index (χ0) is 20.8. The first-order chi connectivity index (χ1) is 14.0. The van der Waals surface area contributed by atoms with E-state index in [-0.39, 0.29) is 6.10 Å². The monoisotopic (exact) mass is 391 g/mol. The quantitative estimate of drug-likeness (QED) is 0.465. The lowest BCUT2D eigenvalue weighted by Crippen LogP contribution is -2.19. The minimum atomic E-state index is 0.137. The van der Waals surface area contributed by atoms with Crippen molar-refractivity contribution in [2.45, 2.75) is 65.4 Å². The minimum absolute atomic E-state index is 0.137. The summed E-state index contributed by atoms with van der Waals surface area (Å²) in [5.41, 5.74) is 12.6. The van der Waals surface area contributed by atoms with Crippen LogP contribution >= 0.6 is 0 Å². The molecule has 0 bridgehead atoms. The van der Waals surface area contributed by atoms with Crippen LogP contribution in [0.15, 0.2) is 54.6 Å². The van der Waals surface area contributed by atoms with Crippen LogP contribution in [0, 0.1) is 18.8 Å². The van der Waals surface area contributed by atoms with Gasteiger partial charge in [0.25, 0.3) is 0 Å². The highest BCUT2D eigenvalue weighted by atomic mass is 16.5. The Bertz CT molecular complexity index is 825. The van der Waals surface area contributed by atoms with E-state index in [2.05, 4.69) is 69.8 Å². The molecule has 156 valence electrons. The highest BCUT2D eigenvalue weighted by Gasteiger charge is 2.34. The number of hydrogen-bond donors (Lipinski definition) is 1. The second kappa shape index (κ2) is 10.1. The first kappa shape index (κ1) is 21.6. The molecular weight excluding hydrogens is 354 g/mol. The molecule has 1 aliphatic carbocycles. The molecule has 0 saturated heterocycles. The third-order valence-electron chi connectivity index (χ3n) is 6.32. The molecule has 0 fully saturated rings. The molecule has 0 spiro atoms. The maximum Gasteiger partial charge on any atom is 0.127 e. The topological polar surface area (TPSA) is 35.2 Å². The average molecular weight is 392 g/mol. The van der Waals surface area contributed by atoms with Crippen molar-refractivity contribution in [1.82, 2.24) is 0 Å². The molecule has 2 N–H and O–H groups in total. The molecule has 3 atom stereocenters. The van der Waals surface area contributed by atoms with E-state index in [9.17, 15) is 0 Å². The summed E-state index contributed by atoms with van der Waals surface area (Å²) in [6.45, 7) is 11.3. The number of ether oxygens (including phenoxy) is 1. The number of benzene rings is 2. The normalized spacial score (nSPS) is 19.0. The zero-order valence-electron chi connectivity index (χ0n) is 18.4. The van der Waals surface area contributed by atoms with Gasteiger partial charge >= 0.3 is 0 Å². The van der Waals surface area contributed by atoms with E-state index in [1.54, 1.807) is 0 Å². The second-order valence-electron chi connectivity index (χ2n) is 8.89. The van der Waals surface area contributed by atoms with Gasteiger partial charge in [-0.05, 0) is 92.8 Å². The van der Waals surface area contributed by atoms with Crippen molar-refractivity contribution in [3.8, 4) is 5.75 Å². The largest absolute Gasteiger partial charge is 0.485 e. The van der Waals surface area contributed by atoms with E-state index in [1.807, 2.05) is 0 Å². The molecule has 0 aliphatic heterocycles. The lowest BCUT2D eigenvalue weighted by Gasteiger charge is -2.24. The fraction of sp³-hybridized carbons (Fsp3) is 0.481. The van der Waals surface area contributed by atoms with Crippen LogP contribution in [0.5, 0.6) is 5.75 Å². The lowest BCUT2D eigenvalue weighted by molar-refractivity contribution is 0.138. The van der Waals surface area contributed by atoms with Gasteiger partial charge < -0.3 is 10.5 Å². The Labute approximate surface area is 177 Å². The summed E-state index contributed by atoms with van der Waals surface area (Å²) in [6, 6.07) is 15.3. The van der Waals surface area contributed by atoms with Gasteiger partial charge in [0, 0.05) is 5.92 Å². The number of hydrogen-bond acceptors (Lipinski definition) is 2. The summed E-state index contributed by atoms with van der Waals surface area (Å²) in [5, 5.41) is 0. The number of aryl methyl sites for hydroxylation is 1. The first-order valence-electron chi connectivity index (χ1n) is 11.2. The van der Waals surface area contributed by atoms with Gasteiger partial charge in [-0.2, -0.15) is 0 Å². The second-order valence-corrected chi connectivity index (χ2v) is 8.89. The van der Waals surface area contributed by atoms with Crippen molar-refractivity contribution in [3.63, 3.8) is 0 Å². The van der Waals surface area contributed by atoms with E-state index < -0.39 is 0 Å². The van der Waals surface area contributed by atoms with E-state index in [1.165, 1.54) is 53.5 Å². The van der Waals surface area contributed by atoms with Crippen LogP contribution in [0.2, 0.25) is 0 Å². The van der Waals surface area contributed by atoms with Crippen LogP contribution in [0.3, 0.4) is 0 Å². The number of allylic oxidation sites excluding steroid dienone is 1. The molecular formula is C27H37NO. The maximum absolute atomic E-state index is 6.63. The molecule has 0 aromatic heterocycles. The van der Waals surface area contributed by atoms with Gasteiger partial charge in [0.15, 0.2) is 0 Å². The maximum atomic E-state index is 6.63. The Balaban J connectivity index is 1.76. The Morgan fingerprint density at radius 1 is 1.21 bits per heavy atom. The van der Waals surface area contributed by atoms with E-state index in [0.29, 0.717) is 11.8 Å². The fourth-order valence-electron chi connectivity index (χ4n) is 4.70. The molecule has 3 rings (SSSR count). The molecule has 29 heavy (non-hydrogen) atoms. The number of fused-ring (bicyclic) bond motifs is 1. The molecule has 0 saturated carbocycles. The van der Waals surface area contributed by atoms with Crippen LogP contribution in [-0.4, -0.2) is 6.54 Å². The Kier molecular flexibility index (Phi) is 7.55. The van der Waals surface area contributed by atoms with Crippen molar-refractivity contribution in [3.05, 3.63) is 76.9 Å². The van der Waals surface area contributed by atoms with Gasteiger partial charge in [-0.3, -0.25) is 0 Å². The molecule has 2 aromatic rings.